The highest BCUT2D eigenvalue weighted by Gasteiger charge is 2.24. The Morgan fingerprint density at radius 3 is 2.45 bits per heavy atom. The summed E-state index contributed by atoms with van der Waals surface area (Å²) in [6.07, 6.45) is 0. The van der Waals surface area contributed by atoms with Crippen LogP contribution in [0.4, 0.5) is 5.13 Å². The fourth-order valence-corrected chi connectivity index (χ4v) is 5.19. The first-order valence-corrected chi connectivity index (χ1v) is 12.7. The van der Waals surface area contributed by atoms with E-state index in [-0.39, 0.29) is 15.4 Å². The smallest absolute Gasteiger partial charge is 0.270 e. The number of carbonyl (C=O) groups is 1. The quantitative estimate of drug-likeness (QED) is 0.413. The minimum atomic E-state index is -3.97. The van der Waals surface area contributed by atoms with Crippen LogP contribution in [-0.2, 0) is 10.0 Å². The minimum absolute atomic E-state index is 0.0935. The van der Waals surface area contributed by atoms with Crippen molar-refractivity contribution in [2.45, 2.75) is 38.1 Å². The maximum Gasteiger partial charge on any atom is 0.270 e. The highest BCUT2D eigenvalue weighted by molar-refractivity contribution is 7.91. The molecule has 2 N–H and O–H groups in total. The number of nitrogens with one attached hydrogen (secondary N) is 2. The van der Waals surface area contributed by atoms with E-state index in [1.165, 1.54) is 0 Å². The Labute approximate surface area is 197 Å². The molecule has 0 aliphatic carbocycles. The predicted octanol–water partition coefficient (Wildman–Crippen LogP) is 3.94. The van der Waals surface area contributed by atoms with Crippen molar-refractivity contribution in [3.63, 3.8) is 0 Å². The summed E-state index contributed by atoms with van der Waals surface area (Å²) >= 11 is 0.777. The molecule has 0 saturated heterocycles. The zero-order valence-corrected chi connectivity index (χ0v) is 20.4. The van der Waals surface area contributed by atoms with Gasteiger partial charge in [0.15, 0.2) is 11.5 Å². The fraction of sp³-hybridized carbons (Fsp3) is 0.318. The molecule has 11 heteroatoms. The summed E-state index contributed by atoms with van der Waals surface area (Å²) in [7, 11) is -3.97. The van der Waals surface area contributed by atoms with Crippen LogP contribution in [0.5, 0.6) is 11.5 Å². The number of hydrogen-bond donors (Lipinski definition) is 2. The van der Waals surface area contributed by atoms with Gasteiger partial charge in [-0.2, -0.15) is 0 Å². The van der Waals surface area contributed by atoms with Crippen molar-refractivity contribution < 1.29 is 22.7 Å². The molecule has 9 nitrogen and oxygen atoms in total. The number of benzene rings is 2. The zero-order valence-electron chi connectivity index (χ0n) is 18.8. The lowest BCUT2D eigenvalue weighted by atomic mass is 10.1. The van der Waals surface area contributed by atoms with Crippen LogP contribution in [0.25, 0.3) is 0 Å². The Kier molecular flexibility index (Phi) is 8.01. The van der Waals surface area contributed by atoms with Crippen LogP contribution in [0.15, 0.2) is 46.8 Å². The van der Waals surface area contributed by atoms with Gasteiger partial charge >= 0.3 is 0 Å². The van der Waals surface area contributed by atoms with Gasteiger partial charge in [0.05, 0.1) is 13.2 Å². The highest BCUT2D eigenvalue weighted by Crippen LogP contribution is 2.31. The van der Waals surface area contributed by atoms with E-state index >= 15 is 0 Å². The lowest BCUT2D eigenvalue weighted by Gasteiger charge is -2.16. The van der Waals surface area contributed by atoms with E-state index in [4.69, 9.17) is 9.47 Å². The van der Waals surface area contributed by atoms with E-state index in [1.807, 2.05) is 32.9 Å². The molecule has 0 bridgehead atoms. The Morgan fingerprint density at radius 2 is 1.76 bits per heavy atom. The molecule has 176 valence electrons. The van der Waals surface area contributed by atoms with Gasteiger partial charge in [0.1, 0.15) is 0 Å². The third-order valence-electron chi connectivity index (χ3n) is 4.65. The van der Waals surface area contributed by atoms with Crippen LogP contribution in [0, 0.1) is 6.92 Å². The minimum Gasteiger partial charge on any atom is -0.490 e. The number of aromatic nitrogens is 2. The summed E-state index contributed by atoms with van der Waals surface area (Å²) in [5.74, 6) is 0.753. The van der Waals surface area contributed by atoms with Gasteiger partial charge in [-0.05, 0) is 57.0 Å². The molecule has 0 unspecified atom stereocenters. The van der Waals surface area contributed by atoms with E-state index in [2.05, 4.69) is 20.2 Å². The molecule has 0 fully saturated rings. The number of ether oxygens (including phenoxy) is 2. The number of rotatable bonds is 10. The van der Waals surface area contributed by atoms with Gasteiger partial charge in [0.2, 0.25) is 9.47 Å². The highest BCUT2D eigenvalue weighted by atomic mass is 32.2. The van der Waals surface area contributed by atoms with E-state index in [0.29, 0.717) is 35.8 Å². The van der Waals surface area contributed by atoms with Crippen molar-refractivity contribution >= 4 is 32.4 Å². The Morgan fingerprint density at radius 1 is 1.06 bits per heavy atom. The average molecular weight is 491 g/mol. The van der Waals surface area contributed by atoms with Crippen LogP contribution in [0.3, 0.4) is 0 Å². The standard InChI is InChI=1S/C22H26N4O5S2/c1-5-30-18-12-11-16(13-19(18)31-6-2)15(4)26-33(28,29)22-25-24-21(32-22)23-20(27)17-10-8-7-9-14(17)3/h7-13,15,26H,5-6H2,1-4H3,(H,23,24,27)/t15-/m1/s1. The zero-order chi connectivity index (χ0) is 24.0. The molecule has 1 amide bonds. The van der Waals surface area contributed by atoms with Crippen LogP contribution in [-0.4, -0.2) is 37.7 Å². The molecule has 3 aromatic rings. The molecule has 3 rings (SSSR count). The molecule has 0 radical (unpaired) electrons. The van der Waals surface area contributed by atoms with Gasteiger partial charge in [-0.15, -0.1) is 10.2 Å². The van der Waals surface area contributed by atoms with Crippen molar-refractivity contribution in [2.75, 3.05) is 18.5 Å². The lowest BCUT2D eigenvalue weighted by molar-refractivity contribution is 0.102. The first-order chi connectivity index (χ1) is 15.7. The first-order valence-electron chi connectivity index (χ1n) is 10.4. The fourth-order valence-electron chi connectivity index (χ4n) is 3.05. The third-order valence-corrected chi connectivity index (χ3v) is 7.39. The summed E-state index contributed by atoms with van der Waals surface area (Å²) in [5.41, 5.74) is 1.97. The molecule has 0 spiro atoms. The number of anilines is 1. The summed E-state index contributed by atoms with van der Waals surface area (Å²) in [6, 6.07) is 11.8. The number of carbonyl (C=O) groups excluding carboxylic acids is 1. The van der Waals surface area contributed by atoms with Crippen LogP contribution < -0.4 is 19.5 Å². The van der Waals surface area contributed by atoms with Gasteiger partial charge in [-0.3, -0.25) is 10.1 Å². The van der Waals surface area contributed by atoms with Crippen LogP contribution in [0.1, 0.15) is 48.3 Å². The SMILES string of the molecule is CCOc1ccc([C@@H](C)NS(=O)(=O)c2nnc(NC(=O)c3ccccc3C)s2)cc1OCC. The van der Waals surface area contributed by atoms with Gasteiger partial charge in [-0.1, -0.05) is 35.6 Å². The van der Waals surface area contributed by atoms with Crippen molar-refractivity contribution in [2.24, 2.45) is 0 Å². The lowest BCUT2D eigenvalue weighted by Crippen LogP contribution is -2.26. The number of sulfonamides is 1. The van der Waals surface area contributed by atoms with Crippen molar-refractivity contribution in [1.29, 1.82) is 0 Å². The van der Waals surface area contributed by atoms with Crippen LogP contribution in [0.2, 0.25) is 0 Å². The molecule has 1 heterocycles. The second kappa shape index (κ2) is 10.7. The van der Waals surface area contributed by atoms with Crippen molar-refractivity contribution in [1.82, 2.24) is 14.9 Å². The monoisotopic (exact) mass is 490 g/mol. The molecular weight excluding hydrogens is 464 g/mol. The topological polar surface area (TPSA) is 120 Å². The summed E-state index contributed by atoms with van der Waals surface area (Å²) < 4.78 is 39.2. The molecule has 33 heavy (non-hydrogen) atoms. The first kappa shape index (κ1) is 24.6. The molecule has 0 aliphatic rings. The van der Waals surface area contributed by atoms with Gasteiger partial charge in [0.25, 0.3) is 15.9 Å². The molecule has 1 aromatic heterocycles. The summed E-state index contributed by atoms with van der Waals surface area (Å²) in [6.45, 7) is 8.20. The summed E-state index contributed by atoms with van der Waals surface area (Å²) in [5, 5.41) is 10.2. The number of amides is 1. The Hall–Kier alpha value is -3.02. The van der Waals surface area contributed by atoms with E-state index in [9.17, 15) is 13.2 Å². The molecule has 1 atom stereocenters. The van der Waals surface area contributed by atoms with Crippen LogP contribution >= 0.6 is 11.3 Å². The third kappa shape index (κ3) is 6.06. The molecule has 0 saturated carbocycles. The molecule has 0 aliphatic heterocycles. The largest absolute Gasteiger partial charge is 0.490 e. The van der Waals surface area contributed by atoms with Gasteiger partial charge in [-0.25, -0.2) is 13.1 Å². The Balaban J connectivity index is 1.73. The van der Waals surface area contributed by atoms with Gasteiger partial charge < -0.3 is 9.47 Å². The summed E-state index contributed by atoms with van der Waals surface area (Å²) in [4.78, 5) is 12.5. The maximum atomic E-state index is 12.8. The Bertz CT molecular complexity index is 1230. The average Bonchev–Trinajstić information content (AvgIpc) is 3.25. The maximum absolute atomic E-state index is 12.8. The van der Waals surface area contributed by atoms with Gasteiger partial charge in [0, 0.05) is 11.6 Å². The molecule has 2 aromatic carbocycles. The number of aryl methyl sites for hydroxylation is 1. The van der Waals surface area contributed by atoms with E-state index in [0.717, 1.165) is 16.9 Å². The second-order valence-electron chi connectivity index (χ2n) is 7.06. The predicted molar refractivity (Wildman–Crippen MR) is 127 cm³/mol. The number of hydrogen-bond acceptors (Lipinski definition) is 8. The van der Waals surface area contributed by atoms with Crippen molar-refractivity contribution in [3.05, 3.63) is 59.2 Å². The molecular formula is C22H26N4O5S2. The normalized spacial score (nSPS) is 12.2. The van der Waals surface area contributed by atoms with E-state index < -0.39 is 16.1 Å². The van der Waals surface area contributed by atoms with E-state index in [1.54, 1.807) is 37.3 Å². The second-order valence-corrected chi connectivity index (χ2v) is 9.92. The number of nitrogens with zero attached hydrogens (tertiary/aromatic N) is 2. The van der Waals surface area contributed by atoms with Crippen molar-refractivity contribution in [3.8, 4) is 11.5 Å².